The van der Waals surface area contributed by atoms with Crippen LogP contribution < -0.4 is 0 Å². The van der Waals surface area contributed by atoms with E-state index in [1.54, 1.807) is 0 Å². The lowest BCUT2D eigenvalue weighted by atomic mass is 10.0. The highest BCUT2D eigenvalue weighted by atomic mass is 127. The van der Waals surface area contributed by atoms with E-state index in [-0.39, 0.29) is 18.1 Å². The van der Waals surface area contributed by atoms with Gasteiger partial charge in [-0.25, -0.2) is 0 Å². The first-order chi connectivity index (χ1) is 7.15. The minimum absolute atomic E-state index is 0.0146. The average Bonchev–Trinajstić information content (AvgIpc) is 2.16. The number of hydrogen-bond donors (Lipinski definition) is 0. The van der Waals surface area contributed by atoms with Gasteiger partial charge in [0, 0.05) is 28.7 Å². The van der Waals surface area contributed by atoms with Crippen molar-refractivity contribution in [3.05, 3.63) is 10.4 Å². The van der Waals surface area contributed by atoms with Crippen LogP contribution in [0.3, 0.4) is 0 Å². The first kappa shape index (κ1) is 12.5. The monoisotopic (exact) mass is 325 g/mol. The summed E-state index contributed by atoms with van der Waals surface area (Å²) in [5.74, 6) is -0.381. The molecule has 0 amide bonds. The summed E-state index contributed by atoms with van der Waals surface area (Å²) in [6.07, 6.45) is 0.535. The number of carbonyl (C=O) groups is 1. The van der Waals surface area contributed by atoms with Gasteiger partial charge in [-0.2, -0.15) is 0 Å². The lowest BCUT2D eigenvalue weighted by Crippen LogP contribution is -2.37. The van der Waals surface area contributed by atoms with E-state index in [9.17, 15) is 4.79 Å². The fraction of sp³-hybridized carbons (Fsp3) is 0.875. The van der Waals surface area contributed by atoms with Gasteiger partial charge in [-0.15, -0.1) is 0 Å². The Morgan fingerprint density at radius 2 is 2.47 bits per heavy atom. The lowest BCUT2D eigenvalue weighted by Gasteiger charge is -2.31. The minimum Gasteiger partial charge on any atom is -0.436 e. The predicted molar refractivity (Wildman–Crippen MR) is 61.5 cm³/mol. The van der Waals surface area contributed by atoms with E-state index in [4.69, 9.17) is 15.0 Å². The van der Waals surface area contributed by atoms with Gasteiger partial charge in [0.1, 0.15) is 0 Å². The van der Waals surface area contributed by atoms with Gasteiger partial charge in [-0.1, -0.05) is 27.7 Å². The maximum Gasteiger partial charge on any atom is 0.304 e. The molecule has 0 unspecified atom stereocenters. The molecule has 1 heterocycles. The van der Waals surface area contributed by atoms with Crippen LogP contribution >= 0.6 is 22.6 Å². The molecule has 0 aromatic rings. The van der Waals surface area contributed by atoms with E-state index < -0.39 is 6.29 Å². The maximum absolute atomic E-state index is 10.8. The fourth-order valence-electron chi connectivity index (χ4n) is 1.48. The summed E-state index contributed by atoms with van der Waals surface area (Å²) in [6.45, 7) is 1.33. The van der Waals surface area contributed by atoms with Crippen LogP contribution in [-0.4, -0.2) is 28.8 Å². The quantitative estimate of drug-likeness (QED) is 0.199. The molecule has 3 atom stereocenters. The van der Waals surface area contributed by atoms with Crippen molar-refractivity contribution in [2.45, 2.75) is 38.2 Å². The van der Waals surface area contributed by atoms with Crippen LogP contribution in [0.25, 0.3) is 10.4 Å². The molecule has 15 heavy (non-hydrogen) atoms. The van der Waals surface area contributed by atoms with E-state index in [0.717, 1.165) is 4.43 Å². The van der Waals surface area contributed by atoms with E-state index >= 15 is 0 Å². The molecule has 0 N–H and O–H groups in total. The van der Waals surface area contributed by atoms with Gasteiger partial charge in [0.25, 0.3) is 0 Å². The second-order valence-corrected chi connectivity index (χ2v) is 4.16. The summed E-state index contributed by atoms with van der Waals surface area (Å²) in [5, 5.41) is 3.65. The molecule has 0 saturated carbocycles. The molecule has 84 valence electrons. The van der Waals surface area contributed by atoms with Crippen LogP contribution in [0.2, 0.25) is 0 Å². The van der Waals surface area contributed by atoms with Crippen LogP contribution in [0.4, 0.5) is 0 Å². The molecule has 1 fully saturated rings. The van der Waals surface area contributed by atoms with E-state index in [1.165, 1.54) is 6.92 Å². The van der Waals surface area contributed by atoms with Crippen LogP contribution in [0, 0.1) is 0 Å². The first-order valence-corrected chi connectivity index (χ1v) is 6.11. The summed E-state index contributed by atoms with van der Waals surface area (Å²) >= 11 is 2.19. The number of carbonyl (C=O) groups excluding carboxylic acids is 1. The van der Waals surface area contributed by atoms with Crippen LogP contribution in [0.1, 0.15) is 19.8 Å². The fourth-order valence-corrected chi connectivity index (χ4v) is 2.04. The molecule has 0 spiro atoms. The van der Waals surface area contributed by atoms with Crippen molar-refractivity contribution in [3.63, 3.8) is 0 Å². The second kappa shape index (κ2) is 6.14. The number of alkyl halides is 1. The third kappa shape index (κ3) is 4.23. The number of rotatable bonds is 3. The molecule has 0 aromatic heterocycles. The van der Waals surface area contributed by atoms with E-state index in [2.05, 4.69) is 32.6 Å². The topological polar surface area (TPSA) is 84.3 Å². The van der Waals surface area contributed by atoms with E-state index in [1.807, 2.05) is 0 Å². The van der Waals surface area contributed by atoms with Crippen LogP contribution in [-0.2, 0) is 14.3 Å². The summed E-state index contributed by atoms with van der Waals surface area (Å²) in [6, 6.07) is -0.145. The Labute approximate surface area is 101 Å². The third-order valence-electron chi connectivity index (χ3n) is 2.03. The molecule has 1 aliphatic heterocycles. The zero-order valence-electron chi connectivity index (χ0n) is 8.30. The van der Waals surface area contributed by atoms with Crippen molar-refractivity contribution in [2.75, 3.05) is 4.43 Å². The Bertz CT molecular complexity index is 280. The Morgan fingerprint density at radius 3 is 3.00 bits per heavy atom. The molecule has 1 rings (SSSR count). The SMILES string of the molecule is CC(=O)O[C@H]1C[C@H](N=[N+]=[N-])C[C@@H](CI)O1. The van der Waals surface area contributed by atoms with E-state index in [0.29, 0.717) is 12.8 Å². The minimum atomic E-state index is -0.577. The number of azide groups is 1. The number of halogens is 1. The number of hydrogen-bond acceptors (Lipinski definition) is 4. The van der Waals surface area contributed by atoms with Gasteiger partial charge in [0.05, 0.1) is 6.10 Å². The van der Waals surface area contributed by atoms with Gasteiger partial charge >= 0.3 is 5.97 Å². The van der Waals surface area contributed by atoms with Gasteiger partial charge < -0.3 is 9.47 Å². The van der Waals surface area contributed by atoms with Crippen molar-refractivity contribution < 1.29 is 14.3 Å². The Balaban J connectivity index is 2.58. The first-order valence-electron chi connectivity index (χ1n) is 4.58. The van der Waals surface area contributed by atoms with Crippen molar-refractivity contribution in [1.82, 2.24) is 0 Å². The second-order valence-electron chi connectivity index (χ2n) is 3.28. The van der Waals surface area contributed by atoms with Crippen LogP contribution in [0.15, 0.2) is 5.11 Å². The molecule has 6 nitrogen and oxygen atoms in total. The Hall–Kier alpha value is -0.530. The van der Waals surface area contributed by atoms with Crippen molar-refractivity contribution in [1.29, 1.82) is 0 Å². The average molecular weight is 325 g/mol. The maximum atomic E-state index is 10.8. The molecule has 0 radical (unpaired) electrons. The highest BCUT2D eigenvalue weighted by Crippen LogP contribution is 2.24. The van der Waals surface area contributed by atoms with Crippen LogP contribution in [0.5, 0.6) is 0 Å². The molecule has 1 saturated heterocycles. The number of esters is 1. The smallest absolute Gasteiger partial charge is 0.304 e. The summed E-state index contributed by atoms with van der Waals surface area (Å²) in [7, 11) is 0. The molecule has 1 aliphatic rings. The summed E-state index contributed by atoms with van der Waals surface area (Å²) in [4.78, 5) is 13.5. The van der Waals surface area contributed by atoms with Crippen molar-refractivity contribution >= 4 is 28.6 Å². The number of nitrogens with zero attached hydrogens (tertiary/aromatic N) is 3. The molecule has 0 aliphatic carbocycles. The van der Waals surface area contributed by atoms with Gasteiger partial charge in [-0.05, 0) is 12.0 Å². The Morgan fingerprint density at radius 1 is 1.73 bits per heavy atom. The van der Waals surface area contributed by atoms with Gasteiger partial charge in [0.15, 0.2) is 0 Å². The van der Waals surface area contributed by atoms with Gasteiger partial charge in [0.2, 0.25) is 6.29 Å². The highest BCUT2D eigenvalue weighted by Gasteiger charge is 2.30. The molecule has 0 bridgehead atoms. The summed E-state index contributed by atoms with van der Waals surface area (Å²) in [5.41, 5.74) is 8.35. The number of ether oxygens (including phenoxy) is 2. The van der Waals surface area contributed by atoms with Gasteiger partial charge in [-0.3, -0.25) is 4.79 Å². The van der Waals surface area contributed by atoms with Crippen molar-refractivity contribution in [3.8, 4) is 0 Å². The predicted octanol–water partition coefficient (Wildman–Crippen LogP) is 2.17. The molecule has 7 heteroatoms. The standard InChI is InChI=1S/C8H12IN3O3/c1-5(13)14-8-3-6(11-12-10)2-7(4-9)15-8/h6-8H,2-4H2,1H3/t6-,7+,8-/m1/s1. The zero-order chi connectivity index (χ0) is 11.3. The highest BCUT2D eigenvalue weighted by molar-refractivity contribution is 14.1. The molecular weight excluding hydrogens is 313 g/mol. The zero-order valence-corrected chi connectivity index (χ0v) is 10.5. The lowest BCUT2D eigenvalue weighted by molar-refractivity contribution is -0.198. The van der Waals surface area contributed by atoms with Crippen molar-refractivity contribution in [2.24, 2.45) is 5.11 Å². The third-order valence-corrected chi connectivity index (χ3v) is 3.01. The normalized spacial score (nSPS) is 30.4. The largest absolute Gasteiger partial charge is 0.436 e. The Kier molecular flexibility index (Phi) is 5.13. The summed E-state index contributed by atoms with van der Waals surface area (Å²) < 4.78 is 11.2. The molecular formula is C8H12IN3O3. The molecule has 0 aromatic carbocycles.